The van der Waals surface area contributed by atoms with Gasteiger partial charge < -0.3 is 43.4 Å². The van der Waals surface area contributed by atoms with E-state index in [-0.39, 0.29) is 68.0 Å². The summed E-state index contributed by atoms with van der Waals surface area (Å²) in [7, 11) is 0. The van der Waals surface area contributed by atoms with Crippen LogP contribution in [0.1, 0.15) is 27.7 Å². The Morgan fingerprint density at radius 3 is 1.50 bits per heavy atom. The second-order valence-corrected chi connectivity index (χ2v) is 4.81. The van der Waals surface area contributed by atoms with Gasteiger partial charge in [-0.15, -0.1) is 0 Å². The van der Waals surface area contributed by atoms with Gasteiger partial charge in [0, 0.05) is 0 Å². The normalized spacial score (nSPS) is 25.6. The maximum atomic E-state index is 5.57. The fraction of sp³-hybridized carbons (Fsp3) is 0.818. The molecule has 0 aromatic rings. The van der Waals surface area contributed by atoms with Crippen LogP contribution in [0, 0.1) is 5.41 Å². The first-order valence-electron chi connectivity index (χ1n) is 5.42. The molecule has 2 aliphatic rings. The number of hydrogen-bond acceptors (Lipinski definition) is 4. The van der Waals surface area contributed by atoms with E-state index in [1.807, 2.05) is 27.7 Å². The van der Waals surface area contributed by atoms with Gasteiger partial charge in [-0.2, -0.15) is 0 Å². The molecule has 0 saturated carbocycles. The Bertz CT molecular complexity index is 305. The first kappa shape index (κ1) is 20.7. The summed E-state index contributed by atoms with van der Waals surface area (Å²) in [5.41, 5.74) is -0.324. The first-order chi connectivity index (χ1) is 7.00. The summed E-state index contributed by atoms with van der Waals surface area (Å²) in [6.45, 7) is 9.51. The number of nitrogens with zero attached hydrogens (tertiary/aromatic N) is 2. The van der Waals surface area contributed by atoms with E-state index >= 15 is 0 Å². The summed E-state index contributed by atoms with van der Waals surface area (Å²) in [6.07, 6.45) is 0. The van der Waals surface area contributed by atoms with Crippen LogP contribution in [-0.4, -0.2) is 37.1 Å². The van der Waals surface area contributed by atoms with Crippen molar-refractivity contribution in [3.05, 3.63) is 0 Å². The fourth-order valence-corrected chi connectivity index (χ4v) is 1.72. The van der Waals surface area contributed by atoms with Gasteiger partial charge in [-0.05, 0) is 27.7 Å². The molecule has 18 heavy (non-hydrogen) atoms. The van der Waals surface area contributed by atoms with E-state index in [9.17, 15) is 0 Å². The van der Waals surface area contributed by atoms with Crippen molar-refractivity contribution in [2.45, 2.75) is 39.8 Å². The van der Waals surface area contributed by atoms with Crippen LogP contribution >= 0.6 is 0 Å². The molecular formula is C11H18Br2N2NiO2. The molecule has 0 aliphatic carbocycles. The Kier molecular flexibility index (Phi) is 9.04. The molecule has 0 spiro atoms. The molecule has 0 aromatic carbocycles. The summed E-state index contributed by atoms with van der Waals surface area (Å²) in [5, 5.41) is 0. The Balaban J connectivity index is 0. The molecule has 0 unspecified atom stereocenters. The topological polar surface area (TPSA) is 43.2 Å². The van der Waals surface area contributed by atoms with E-state index in [1.165, 1.54) is 0 Å². The van der Waals surface area contributed by atoms with Gasteiger partial charge in [-0.1, -0.05) is 0 Å². The van der Waals surface area contributed by atoms with Crippen LogP contribution in [0.3, 0.4) is 0 Å². The summed E-state index contributed by atoms with van der Waals surface area (Å²) in [4.78, 5) is 8.93. The van der Waals surface area contributed by atoms with Crippen molar-refractivity contribution in [2.24, 2.45) is 15.4 Å². The van der Waals surface area contributed by atoms with Gasteiger partial charge in [0.25, 0.3) is 0 Å². The largest absolute Gasteiger partial charge is 2.00 e. The Morgan fingerprint density at radius 2 is 1.28 bits per heavy atom. The molecule has 0 amide bonds. The first-order valence-corrected chi connectivity index (χ1v) is 5.42. The third-order valence-electron chi connectivity index (χ3n) is 2.67. The van der Waals surface area contributed by atoms with E-state index in [2.05, 4.69) is 9.98 Å². The number of rotatable bonds is 2. The number of aliphatic imine (C=N–C) groups is 2. The molecule has 0 N–H and O–H groups in total. The summed E-state index contributed by atoms with van der Waals surface area (Å²) in [6, 6.07) is 0.498. The van der Waals surface area contributed by atoms with Gasteiger partial charge in [-0.3, -0.25) is 0 Å². The summed E-state index contributed by atoms with van der Waals surface area (Å²) < 4.78 is 11.1. The van der Waals surface area contributed by atoms with Crippen molar-refractivity contribution >= 4 is 11.8 Å². The number of ether oxygens (including phenoxy) is 2. The maximum Gasteiger partial charge on any atom is 2.00 e. The summed E-state index contributed by atoms with van der Waals surface area (Å²) in [5.74, 6) is 1.51. The molecule has 0 aromatic heterocycles. The standard InChI is InChI=1S/C11H18N2O2.2BrH.Ni/c1-7-5-14-9(12-7)11(3,4)10-13-8(2)6-15-10;;;/h7-8H,5-6H2,1-4H3;2*1H;/q;;;+2/p-2/t7-,8-;;;/m0.../s1. The van der Waals surface area contributed by atoms with Gasteiger partial charge in [-0.25, -0.2) is 9.98 Å². The Labute approximate surface area is 139 Å². The van der Waals surface area contributed by atoms with Crippen molar-refractivity contribution in [1.29, 1.82) is 0 Å². The van der Waals surface area contributed by atoms with Crippen LogP contribution in [0.2, 0.25) is 0 Å². The third-order valence-corrected chi connectivity index (χ3v) is 2.67. The zero-order valence-corrected chi connectivity index (χ0v) is 15.0. The molecular weight excluding hydrogens is 411 g/mol. The molecule has 2 atom stereocenters. The zero-order valence-electron chi connectivity index (χ0n) is 10.9. The maximum absolute atomic E-state index is 5.57. The van der Waals surface area contributed by atoms with Crippen molar-refractivity contribution in [1.82, 2.24) is 0 Å². The minimum absolute atomic E-state index is 0. The minimum atomic E-state index is -0.324. The molecule has 0 fully saturated rings. The number of hydrogen-bond donors (Lipinski definition) is 0. The van der Waals surface area contributed by atoms with E-state index in [0.717, 1.165) is 11.8 Å². The molecule has 7 heteroatoms. The minimum Gasteiger partial charge on any atom is -1.00 e. The molecule has 2 heterocycles. The van der Waals surface area contributed by atoms with Crippen LogP contribution < -0.4 is 34.0 Å². The van der Waals surface area contributed by atoms with Crippen molar-refractivity contribution in [3.63, 3.8) is 0 Å². The third kappa shape index (κ3) is 4.21. The van der Waals surface area contributed by atoms with Gasteiger partial charge in [0.2, 0.25) is 0 Å². The average Bonchev–Trinajstić information content (AvgIpc) is 2.74. The monoisotopic (exact) mass is 426 g/mol. The van der Waals surface area contributed by atoms with Crippen LogP contribution in [0.25, 0.3) is 0 Å². The predicted octanol–water partition coefficient (Wildman–Crippen LogP) is -4.35. The Morgan fingerprint density at radius 1 is 0.944 bits per heavy atom. The average molecular weight is 429 g/mol. The number of halogens is 2. The second-order valence-electron chi connectivity index (χ2n) is 4.81. The molecule has 2 rings (SSSR count). The van der Waals surface area contributed by atoms with Crippen LogP contribution in [0.4, 0.5) is 0 Å². The summed E-state index contributed by atoms with van der Waals surface area (Å²) >= 11 is 0. The predicted molar refractivity (Wildman–Crippen MR) is 59.5 cm³/mol. The van der Waals surface area contributed by atoms with E-state index in [4.69, 9.17) is 9.47 Å². The van der Waals surface area contributed by atoms with E-state index in [1.54, 1.807) is 0 Å². The van der Waals surface area contributed by atoms with Gasteiger partial charge in [0.05, 0.1) is 12.1 Å². The SMILES string of the molecule is C[C@H]1COC(C(C)(C)C2=N[C@@H](C)CO2)=N1.[Br-].[Br-].[Ni+2]. The van der Waals surface area contributed by atoms with E-state index < -0.39 is 0 Å². The smallest absolute Gasteiger partial charge is 1.00 e. The molecule has 108 valence electrons. The molecule has 0 bridgehead atoms. The molecule has 0 saturated heterocycles. The second kappa shape index (κ2) is 7.86. The van der Waals surface area contributed by atoms with Crippen LogP contribution in [0.5, 0.6) is 0 Å². The quantitative estimate of drug-likeness (QED) is 0.417. The molecule has 4 nitrogen and oxygen atoms in total. The van der Waals surface area contributed by atoms with Crippen LogP contribution in [-0.2, 0) is 26.0 Å². The van der Waals surface area contributed by atoms with Crippen LogP contribution in [0.15, 0.2) is 9.98 Å². The van der Waals surface area contributed by atoms with Crippen molar-refractivity contribution in [2.75, 3.05) is 13.2 Å². The van der Waals surface area contributed by atoms with Crippen molar-refractivity contribution in [3.8, 4) is 0 Å². The molecule has 2 aliphatic heterocycles. The fourth-order valence-electron chi connectivity index (χ4n) is 1.72. The van der Waals surface area contributed by atoms with E-state index in [0.29, 0.717) is 13.2 Å². The molecule has 0 radical (unpaired) electrons. The van der Waals surface area contributed by atoms with Gasteiger partial charge >= 0.3 is 16.5 Å². The Hall–Kier alpha value is 0.394. The zero-order chi connectivity index (χ0) is 11.1. The van der Waals surface area contributed by atoms with Gasteiger partial charge in [0.15, 0.2) is 11.8 Å². The van der Waals surface area contributed by atoms with Gasteiger partial charge in [0.1, 0.15) is 18.6 Å². The van der Waals surface area contributed by atoms with Crippen molar-refractivity contribution < 1.29 is 59.9 Å².